The molecule has 2 rings (SSSR count). The van der Waals surface area contributed by atoms with E-state index in [0.717, 1.165) is 0 Å². The van der Waals surface area contributed by atoms with Crippen LogP contribution in [0.15, 0.2) is 30.3 Å². The average Bonchev–Trinajstić information content (AvgIpc) is 2.48. The first-order chi connectivity index (χ1) is 9.75. The summed E-state index contributed by atoms with van der Waals surface area (Å²) >= 11 is 0. The van der Waals surface area contributed by atoms with Crippen molar-refractivity contribution in [3.63, 3.8) is 0 Å². The zero-order valence-corrected chi connectivity index (χ0v) is 13.1. The first-order valence-electron chi connectivity index (χ1n) is 8.27. The maximum absolute atomic E-state index is 3.67. The lowest BCUT2D eigenvalue weighted by Gasteiger charge is -2.33. The summed E-state index contributed by atoms with van der Waals surface area (Å²) in [4.78, 5) is 2.64. The van der Waals surface area contributed by atoms with Gasteiger partial charge in [-0.2, -0.15) is 0 Å². The Kier molecular flexibility index (Phi) is 6.55. The standard InChI is InChI=1S/C18H30N2/c1-16(2)20(15-18-12-6-7-13-19-18)14-8-11-17-9-4-3-5-10-17/h3-5,9-10,16,18-19H,6-8,11-15H2,1-2H3. The van der Waals surface area contributed by atoms with Crippen molar-refractivity contribution >= 4 is 0 Å². The number of aryl methyl sites for hydroxylation is 1. The monoisotopic (exact) mass is 274 g/mol. The van der Waals surface area contributed by atoms with E-state index in [2.05, 4.69) is 54.4 Å². The minimum absolute atomic E-state index is 0.648. The minimum Gasteiger partial charge on any atom is -0.313 e. The van der Waals surface area contributed by atoms with Gasteiger partial charge in [0.1, 0.15) is 0 Å². The number of rotatable bonds is 7. The first-order valence-corrected chi connectivity index (χ1v) is 8.27. The molecule has 1 aliphatic rings. The predicted octanol–water partition coefficient (Wildman–Crippen LogP) is 3.47. The summed E-state index contributed by atoms with van der Waals surface area (Å²) in [5, 5.41) is 3.67. The Morgan fingerprint density at radius 2 is 2.00 bits per heavy atom. The van der Waals surface area contributed by atoms with Gasteiger partial charge >= 0.3 is 0 Å². The van der Waals surface area contributed by atoms with Gasteiger partial charge in [0.15, 0.2) is 0 Å². The molecular weight excluding hydrogens is 244 g/mol. The largest absolute Gasteiger partial charge is 0.313 e. The molecule has 2 nitrogen and oxygen atoms in total. The van der Waals surface area contributed by atoms with Gasteiger partial charge in [0.05, 0.1) is 0 Å². The Balaban J connectivity index is 1.74. The third-order valence-electron chi connectivity index (χ3n) is 4.35. The normalized spacial score (nSPS) is 19.7. The molecule has 2 heteroatoms. The molecule has 0 bridgehead atoms. The van der Waals surface area contributed by atoms with E-state index in [1.165, 1.54) is 57.3 Å². The van der Waals surface area contributed by atoms with Crippen molar-refractivity contribution in [2.24, 2.45) is 0 Å². The molecule has 1 aromatic rings. The summed E-state index contributed by atoms with van der Waals surface area (Å²) in [6, 6.07) is 12.2. The first kappa shape index (κ1) is 15.5. The lowest BCUT2D eigenvalue weighted by molar-refractivity contribution is 0.183. The molecule has 1 aliphatic heterocycles. The van der Waals surface area contributed by atoms with Gasteiger partial charge in [0.2, 0.25) is 0 Å². The molecule has 0 aliphatic carbocycles. The third-order valence-corrected chi connectivity index (χ3v) is 4.35. The van der Waals surface area contributed by atoms with Crippen LogP contribution in [0.4, 0.5) is 0 Å². The van der Waals surface area contributed by atoms with Crippen LogP contribution in [0, 0.1) is 0 Å². The second-order valence-electron chi connectivity index (χ2n) is 6.32. The highest BCUT2D eigenvalue weighted by Gasteiger charge is 2.18. The average molecular weight is 274 g/mol. The van der Waals surface area contributed by atoms with Gasteiger partial charge in [-0.3, -0.25) is 4.90 Å². The second-order valence-corrected chi connectivity index (χ2v) is 6.32. The molecule has 1 saturated heterocycles. The molecule has 0 spiro atoms. The molecule has 0 aromatic heterocycles. The number of nitrogens with one attached hydrogen (secondary N) is 1. The summed E-state index contributed by atoms with van der Waals surface area (Å²) in [6.45, 7) is 8.29. The molecule has 1 fully saturated rings. The van der Waals surface area contributed by atoms with Crippen LogP contribution in [0.2, 0.25) is 0 Å². The molecule has 1 heterocycles. The summed E-state index contributed by atoms with van der Waals surface area (Å²) in [7, 11) is 0. The van der Waals surface area contributed by atoms with E-state index < -0.39 is 0 Å². The van der Waals surface area contributed by atoms with Gasteiger partial charge < -0.3 is 5.32 Å². The number of hydrogen-bond acceptors (Lipinski definition) is 2. The van der Waals surface area contributed by atoms with Crippen molar-refractivity contribution in [3.8, 4) is 0 Å². The zero-order chi connectivity index (χ0) is 14.2. The van der Waals surface area contributed by atoms with Crippen LogP contribution in [0.25, 0.3) is 0 Å². The van der Waals surface area contributed by atoms with Crippen LogP contribution in [0.5, 0.6) is 0 Å². The Morgan fingerprint density at radius 1 is 1.20 bits per heavy atom. The van der Waals surface area contributed by atoms with Crippen molar-refractivity contribution in [2.75, 3.05) is 19.6 Å². The Labute approximate surface area is 124 Å². The number of hydrogen-bond donors (Lipinski definition) is 1. The van der Waals surface area contributed by atoms with E-state index in [0.29, 0.717) is 12.1 Å². The fourth-order valence-corrected chi connectivity index (χ4v) is 3.05. The topological polar surface area (TPSA) is 15.3 Å². The highest BCUT2D eigenvalue weighted by atomic mass is 15.2. The predicted molar refractivity (Wildman–Crippen MR) is 87.1 cm³/mol. The molecule has 0 saturated carbocycles. The van der Waals surface area contributed by atoms with Crippen LogP contribution in [-0.2, 0) is 6.42 Å². The van der Waals surface area contributed by atoms with Crippen LogP contribution in [-0.4, -0.2) is 36.6 Å². The van der Waals surface area contributed by atoms with E-state index in [1.807, 2.05) is 0 Å². The van der Waals surface area contributed by atoms with Crippen molar-refractivity contribution in [3.05, 3.63) is 35.9 Å². The fourth-order valence-electron chi connectivity index (χ4n) is 3.05. The molecular formula is C18H30N2. The molecule has 20 heavy (non-hydrogen) atoms. The fraction of sp³-hybridized carbons (Fsp3) is 0.667. The van der Waals surface area contributed by atoms with Crippen molar-refractivity contribution < 1.29 is 0 Å². The quantitative estimate of drug-likeness (QED) is 0.819. The van der Waals surface area contributed by atoms with Gasteiger partial charge in [-0.25, -0.2) is 0 Å². The molecule has 1 unspecified atom stereocenters. The van der Waals surface area contributed by atoms with E-state index in [1.54, 1.807) is 0 Å². The van der Waals surface area contributed by atoms with Gasteiger partial charge in [-0.05, 0) is 58.2 Å². The van der Waals surface area contributed by atoms with Crippen molar-refractivity contribution in [1.82, 2.24) is 10.2 Å². The molecule has 1 N–H and O–H groups in total. The molecule has 0 radical (unpaired) electrons. The smallest absolute Gasteiger partial charge is 0.0195 e. The Bertz CT molecular complexity index is 355. The highest BCUT2D eigenvalue weighted by molar-refractivity contribution is 5.14. The van der Waals surface area contributed by atoms with E-state index in [-0.39, 0.29) is 0 Å². The maximum atomic E-state index is 3.67. The lowest BCUT2D eigenvalue weighted by Crippen LogP contribution is -2.46. The number of nitrogens with zero attached hydrogens (tertiary/aromatic N) is 1. The van der Waals surface area contributed by atoms with Gasteiger partial charge in [0.25, 0.3) is 0 Å². The summed E-state index contributed by atoms with van der Waals surface area (Å²) in [5.41, 5.74) is 1.46. The maximum Gasteiger partial charge on any atom is 0.0195 e. The molecule has 0 amide bonds. The summed E-state index contributed by atoms with van der Waals surface area (Å²) in [6.07, 6.45) is 6.55. The number of piperidine rings is 1. The lowest BCUT2D eigenvalue weighted by atomic mass is 10.0. The van der Waals surface area contributed by atoms with Crippen LogP contribution in [0.3, 0.4) is 0 Å². The second kappa shape index (κ2) is 8.43. The SMILES string of the molecule is CC(C)N(CCCc1ccccc1)CC1CCCCN1. The molecule has 1 atom stereocenters. The van der Waals surface area contributed by atoms with E-state index in [9.17, 15) is 0 Å². The Morgan fingerprint density at radius 3 is 2.65 bits per heavy atom. The minimum atomic E-state index is 0.648. The Hall–Kier alpha value is -0.860. The highest BCUT2D eigenvalue weighted by Crippen LogP contribution is 2.11. The van der Waals surface area contributed by atoms with E-state index >= 15 is 0 Å². The van der Waals surface area contributed by atoms with Crippen molar-refractivity contribution in [2.45, 2.75) is 58.0 Å². The summed E-state index contributed by atoms with van der Waals surface area (Å²) in [5.74, 6) is 0. The van der Waals surface area contributed by atoms with E-state index in [4.69, 9.17) is 0 Å². The summed E-state index contributed by atoms with van der Waals surface area (Å²) < 4.78 is 0. The molecule has 1 aromatic carbocycles. The van der Waals surface area contributed by atoms with Gasteiger partial charge in [-0.15, -0.1) is 0 Å². The van der Waals surface area contributed by atoms with Gasteiger partial charge in [-0.1, -0.05) is 36.8 Å². The third kappa shape index (κ3) is 5.26. The van der Waals surface area contributed by atoms with Gasteiger partial charge in [0, 0.05) is 18.6 Å². The molecule has 112 valence electrons. The van der Waals surface area contributed by atoms with Crippen LogP contribution >= 0.6 is 0 Å². The number of benzene rings is 1. The van der Waals surface area contributed by atoms with Crippen LogP contribution < -0.4 is 5.32 Å². The zero-order valence-electron chi connectivity index (χ0n) is 13.1. The van der Waals surface area contributed by atoms with Crippen LogP contribution in [0.1, 0.15) is 45.1 Å². The van der Waals surface area contributed by atoms with Crippen molar-refractivity contribution in [1.29, 1.82) is 0 Å².